The van der Waals surface area contributed by atoms with Crippen molar-refractivity contribution in [1.82, 2.24) is 0 Å². The van der Waals surface area contributed by atoms with Crippen LogP contribution in [0.15, 0.2) is 12.7 Å². The van der Waals surface area contributed by atoms with Crippen LogP contribution in [0.5, 0.6) is 0 Å². The van der Waals surface area contributed by atoms with E-state index in [1.54, 1.807) is 0 Å². The number of aliphatic hydroxyl groups excluding tert-OH is 1. The van der Waals surface area contributed by atoms with Gasteiger partial charge in [-0.15, -0.1) is 6.58 Å². The number of rotatable bonds is 2. The second-order valence-corrected chi connectivity index (χ2v) is 9.33. The lowest BCUT2D eigenvalue weighted by molar-refractivity contribution is -0.177. The van der Waals surface area contributed by atoms with Crippen molar-refractivity contribution in [2.24, 2.45) is 27.6 Å². The normalized spacial score (nSPS) is 51.4. The van der Waals surface area contributed by atoms with Crippen LogP contribution < -0.4 is 0 Å². The molecule has 0 radical (unpaired) electrons. The SMILES string of the molecule is C=C[C@@]1(C)C[C@H](O)[C@@]2(CC[C@H]3[C@](C)(C(=O)O)CCC[C@@]3(C)C2=O)C1. The number of carbonyl (C=O) groups excluding carboxylic acids is 1. The lowest BCUT2D eigenvalue weighted by Gasteiger charge is -2.56. The van der Waals surface area contributed by atoms with Crippen LogP contribution in [-0.2, 0) is 9.59 Å². The van der Waals surface area contributed by atoms with E-state index in [4.69, 9.17) is 0 Å². The Morgan fingerprint density at radius 2 is 1.92 bits per heavy atom. The Morgan fingerprint density at radius 1 is 1.25 bits per heavy atom. The lowest BCUT2D eigenvalue weighted by Crippen LogP contribution is -2.60. The molecular weight excluding hydrogens is 304 g/mol. The second-order valence-electron chi connectivity index (χ2n) is 9.33. The number of aliphatic carboxylic acids is 1. The van der Waals surface area contributed by atoms with E-state index in [9.17, 15) is 19.8 Å². The number of carboxylic acids is 1. The zero-order chi connectivity index (χ0) is 18.0. The number of ketones is 1. The van der Waals surface area contributed by atoms with E-state index in [0.29, 0.717) is 32.1 Å². The van der Waals surface area contributed by atoms with Crippen molar-refractivity contribution in [2.45, 2.75) is 71.8 Å². The standard InChI is InChI=1S/C20H30O4/c1-5-17(2)11-14(21)20(12-17)10-7-13-18(3,15(20)22)8-6-9-19(13,4)16(23)24/h5,13-14,21H,1,6-12H2,2-4H3,(H,23,24)/t13-,14+,17+,18-,19-,20-/m1/s1. The lowest BCUT2D eigenvalue weighted by atomic mass is 9.45. The van der Waals surface area contributed by atoms with Gasteiger partial charge < -0.3 is 10.2 Å². The molecule has 3 aliphatic rings. The Bertz CT molecular complexity index is 598. The predicted octanol–water partition coefficient (Wildman–Crippen LogP) is 3.58. The maximum atomic E-state index is 13.6. The molecule has 3 rings (SSSR count). The van der Waals surface area contributed by atoms with E-state index in [1.807, 2.05) is 19.9 Å². The quantitative estimate of drug-likeness (QED) is 0.757. The summed E-state index contributed by atoms with van der Waals surface area (Å²) < 4.78 is 0. The van der Waals surface area contributed by atoms with Crippen LogP contribution in [0.1, 0.15) is 65.7 Å². The molecule has 4 heteroatoms. The van der Waals surface area contributed by atoms with Gasteiger partial charge in [0.2, 0.25) is 0 Å². The summed E-state index contributed by atoms with van der Waals surface area (Å²) in [5.74, 6) is -0.821. The summed E-state index contributed by atoms with van der Waals surface area (Å²) in [7, 11) is 0. The molecule has 0 saturated heterocycles. The maximum Gasteiger partial charge on any atom is 0.309 e. The van der Waals surface area contributed by atoms with Crippen molar-refractivity contribution in [3.05, 3.63) is 12.7 Å². The van der Waals surface area contributed by atoms with Gasteiger partial charge in [0.1, 0.15) is 5.78 Å². The molecule has 3 aliphatic carbocycles. The van der Waals surface area contributed by atoms with Gasteiger partial charge in [-0.2, -0.15) is 0 Å². The van der Waals surface area contributed by atoms with E-state index in [2.05, 4.69) is 13.5 Å². The molecule has 0 unspecified atom stereocenters. The van der Waals surface area contributed by atoms with Crippen LogP contribution in [0.2, 0.25) is 0 Å². The molecule has 1 spiro atoms. The van der Waals surface area contributed by atoms with Gasteiger partial charge in [0.05, 0.1) is 16.9 Å². The van der Waals surface area contributed by atoms with Crippen molar-refractivity contribution < 1.29 is 19.8 Å². The van der Waals surface area contributed by atoms with E-state index >= 15 is 0 Å². The molecule has 0 amide bonds. The van der Waals surface area contributed by atoms with E-state index < -0.39 is 28.3 Å². The van der Waals surface area contributed by atoms with Crippen LogP contribution in [0.25, 0.3) is 0 Å². The first-order valence-corrected chi connectivity index (χ1v) is 9.14. The highest BCUT2D eigenvalue weighted by Crippen LogP contribution is 2.65. The van der Waals surface area contributed by atoms with Gasteiger partial charge in [0, 0.05) is 5.41 Å². The van der Waals surface area contributed by atoms with E-state index in [1.165, 1.54) is 0 Å². The van der Waals surface area contributed by atoms with Crippen molar-refractivity contribution in [3.8, 4) is 0 Å². The van der Waals surface area contributed by atoms with Gasteiger partial charge in [-0.3, -0.25) is 9.59 Å². The van der Waals surface area contributed by atoms with Crippen molar-refractivity contribution in [1.29, 1.82) is 0 Å². The summed E-state index contributed by atoms with van der Waals surface area (Å²) in [5.41, 5.74) is -2.42. The smallest absolute Gasteiger partial charge is 0.309 e. The molecular formula is C20H30O4. The van der Waals surface area contributed by atoms with Crippen LogP contribution in [-0.4, -0.2) is 28.1 Å². The van der Waals surface area contributed by atoms with E-state index in [0.717, 1.165) is 12.8 Å². The highest BCUT2D eigenvalue weighted by atomic mass is 16.4. The molecule has 134 valence electrons. The van der Waals surface area contributed by atoms with Crippen LogP contribution in [0, 0.1) is 27.6 Å². The number of hydrogen-bond donors (Lipinski definition) is 2. The molecule has 3 fully saturated rings. The molecule has 0 bridgehead atoms. The topological polar surface area (TPSA) is 74.6 Å². The summed E-state index contributed by atoms with van der Waals surface area (Å²) in [6.07, 6.45) is 5.85. The van der Waals surface area contributed by atoms with E-state index in [-0.39, 0.29) is 17.1 Å². The minimum atomic E-state index is -0.838. The second kappa shape index (κ2) is 5.17. The van der Waals surface area contributed by atoms with Gasteiger partial charge in [-0.05, 0) is 56.8 Å². The summed E-state index contributed by atoms with van der Waals surface area (Å²) in [5, 5.41) is 20.6. The average Bonchev–Trinajstić information content (AvgIpc) is 2.77. The zero-order valence-corrected chi connectivity index (χ0v) is 15.1. The molecule has 2 N–H and O–H groups in total. The minimum Gasteiger partial charge on any atom is -0.481 e. The zero-order valence-electron chi connectivity index (χ0n) is 15.1. The number of allylic oxidation sites excluding steroid dienone is 1. The van der Waals surface area contributed by atoms with Crippen molar-refractivity contribution >= 4 is 11.8 Å². The first kappa shape index (κ1) is 17.7. The molecule has 0 aromatic carbocycles. The number of aliphatic hydroxyl groups is 1. The molecule has 4 nitrogen and oxygen atoms in total. The Hall–Kier alpha value is -1.16. The van der Waals surface area contributed by atoms with Crippen LogP contribution >= 0.6 is 0 Å². The Labute approximate surface area is 144 Å². The van der Waals surface area contributed by atoms with Crippen LogP contribution in [0.4, 0.5) is 0 Å². The van der Waals surface area contributed by atoms with Gasteiger partial charge in [0.15, 0.2) is 0 Å². The maximum absolute atomic E-state index is 13.6. The minimum absolute atomic E-state index is 0.108. The van der Waals surface area contributed by atoms with Gasteiger partial charge in [-0.1, -0.05) is 26.3 Å². The third-order valence-electron chi connectivity index (χ3n) is 7.78. The summed E-state index contributed by atoms with van der Waals surface area (Å²) >= 11 is 0. The summed E-state index contributed by atoms with van der Waals surface area (Å²) in [6, 6.07) is 0. The largest absolute Gasteiger partial charge is 0.481 e. The molecule has 3 saturated carbocycles. The summed E-state index contributed by atoms with van der Waals surface area (Å²) in [4.78, 5) is 25.6. The number of hydrogen-bond acceptors (Lipinski definition) is 3. The van der Waals surface area contributed by atoms with Crippen molar-refractivity contribution in [2.75, 3.05) is 0 Å². The number of Topliss-reactive ketones (excluding diaryl/α,β-unsaturated/α-hetero) is 1. The fraction of sp³-hybridized carbons (Fsp3) is 0.800. The van der Waals surface area contributed by atoms with Crippen LogP contribution in [0.3, 0.4) is 0 Å². The highest BCUT2D eigenvalue weighted by molar-refractivity contribution is 5.93. The van der Waals surface area contributed by atoms with Gasteiger partial charge in [-0.25, -0.2) is 0 Å². The van der Waals surface area contributed by atoms with Gasteiger partial charge >= 0.3 is 5.97 Å². The molecule has 0 heterocycles. The van der Waals surface area contributed by atoms with Crippen molar-refractivity contribution in [3.63, 3.8) is 0 Å². The average molecular weight is 334 g/mol. The Morgan fingerprint density at radius 3 is 2.46 bits per heavy atom. The number of carbonyl (C=O) groups is 2. The molecule has 6 atom stereocenters. The molecule has 0 aromatic heterocycles. The first-order chi connectivity index (χ1) is 11.0. The third kappa shape index (κ3) is 2.08. The molecule has 0 aliphatic heterocycles. The van der Waals surface area contributed by atoms with Gasteiger partial charge in [0.25, 0.3) is 0 Å². The molecule has 0 aromatic rings. The highest BCUT2D eigenvalue weighted by Gasteiger charge is 2.67. The predicted molar refractivity (Wildman–Crippen MR) is 91.4 cm³/mol. The fourth-order valence-electron chi connectivity index (χ4n) is 6.31. The Balaban J connectivity index is 2.01. The fourth-order valence-corrected chi connectivity index (χ4v) is 6.31. The Kier molecular flexibility index (Phi) is 3.80. The number of carboxylic acid groups (broad SMARTS) is 1. The summed E-state index contributed by atoms with van der Waals surface area (Å²) in [6.45, 7) is 9.72. The third-order valence-corrected chi connectivity index (χ3v) is 7.78. The first-order valence-electron chi connectivity index (χ1n) is 9.14. The monoisotopic (exact) mass is 334 g/mol. The molecule has 24 heavy (non-hydrogen) atoms. The number of fused-ring (bicyclic) bond motifs is 1.